The van der Waals surface area contributed by atoms with E-state index < -0.39 is 12.2 Å². The summed E-state index contributed by atoms with van der Waals surface area (Å²) in [5.41, 5.74) is 0. The predicted molar refractivity (Wildman–Crippen MR) is 39.0 cm³/mol. The monoisotopic (exact) mass is 162 g/mol. The predicted octanol–water partition coefficient (Wildman–Crippen LogP) is -0.930. The highest BCUT2D eigenvalue weighted by atomic mass is 16.3. The molecule has 11 heavy (non-hydrogen) atoms. The van der Waals surface area contributed by atoms with Crippen molar-refractivity contribution in [2.75, 3.05) is 6.61 Å². The molecule has 0 radical (unpaired) electrons. The van der Waals surface area contributed by atoms with Gasteiger partial charge >= 0.3 is 0 Å². The fourth-order valence-electron chi connectivity index (χ4n) is 0.756. The van der Waals surface area contributed by atoms with E-state index in [-0.39, 0.29) is 25.9 Å². The van der Waals surface area contributed by atoms with E-state index in [1.54, 1.807) is 0 Å². The van der Waals surface area contributed by atoms with Crippen molar-refractivity contribution >= 4 is 6.29 Å². The van der Waals surface area contributed by atoms with Crippen LogP contribution in [0.4, 0.5) is 0 Å². The molecule has 0 aromatic heterocycles. The molecule has 0 spiro atoms. The minimum atomic E-state index is -0.917. The van der Waals surface area contributed by atoms with Crippen LogP contribution in [0.15, 0.2) is 0 Å². The van der Waals surface area contributed by atoms with Gasteiger partial charge < -0.3 is 20.1 Å². The van der Waals surface area contributed by atoms with E-state index in [2.05, 4.69) is 0 Å². The first-order valence-corrected chi connectivity index (χ1v) is 3.63. The zero-order chi connectivity index (χ0) is 8.69. The van der Waals surface area contributed by atoms with Gasteiger partial charge in [-0.05, 0) is 12.8 Å². The van der Waals surface area contributed by atoms with Gasteiger partial charge in [-0.1, -0.05) is 0 Å². The molecule has 0 aliphatic heterocycles. The molecule has 66 valence electrons. The summed E-state index contributed by atoms with van der Waals surface area (Å²) in [5.74, 6) is 0. The molecule has 0 aromatic carbocycles. The zero-order valence-corrected chi connectivity index (χ0v) is 6.31. The molecule has 0 aromatic rings. The lowest BCUT2D eigenvalue weighted by Crippen LogP contribution is -2.26. The first-order valence-electron chi connectivity index (χ1n) is 3.63. The second kappa shape index (κ2) is 6.27. The van der Waals surface area contributed by atoms with Gasteiger partial charge in [-0.25, -0.2) is 0 Å². The van der Waals surface area contributed by atoms with Gasteiger partial charge in [0.05, 0.1) is 12.2 Å². The molecule has 2 atom stereocenters. The molecular weight excluding hydrogens is 148 g/mol. The number of carbonyl (C=O) groups is 1. The first kappa shape index (κ1) is 10.6. The van der Waals surface area contributed by atoms with E-state index >= 15 is 0 Å². The summed E-state index contributed by atoms with van der Waals surface area (Å²) in [6.07, 6.45) is -0.476. The highest BCUT2D eigenvalue weighted by molar-refractivity contribution is 5.49. The molecule has 0 aliphatic carbocycles. The highest BCUT2D eigenvalue weighted by Gasteiger charge is 2.14. The molecule has 4 nitrogen and oxygen atoms in total. The van der Waals surface area contributed by atoms with Crippen molar-refractivity contribution < 1.29 is 20.1 Å². The number of hydrogen-bond donors (Lipinski definition) is 3. The average Bonchev–Trinajstić information content (AvgIpc) is 2.00. The summed E-state index contributed by atoms with van der Waals surface area (Å²) < 4.78 is 0. The van der Waals surface area contributed by atoms with Gasteiger partial charge in [-0.15, -0.1) is 0 Å². The van der Waals surface area contributed by atoms with Crippen LogP contribution >= 0.6 is 0 Å². The van der Waals surface area contributed by atoms with Crippen molar-refractivity contribution in [2.24, 2.45) is 0 Å². The highest BCUT2D eigenvalue weighted by Crippen LogP contribution is 2.03. The number of carbonyl (C=O) groups excluding carboxylic acids is 1. The van der Waals surface area contributed by atoms with Crippen LogP contribution in [-0.2, 0) is 4.79 Å². The van der Waals surface area contributed by atoms with E-state index in [0.717, 1.165) is 0 Å². The molecule has 0 saturated heterocycles. The third-order valence-corrected chi connectivity index (χ3v) is 1.45. The van der Waals surface area contributed by atoms with Gasteiger partial charge in [-0.3, -0.25) is 0 Å². The summed E-state index contributed by atoms with van der Waals surface area (Å²) >= 11 is 0. The lowest BCUT2D eigenvalue weighted by Gasteiger charge is -2.14. The maximum Gasteiger partial charge on any atom is 0.120 e. The molecule has 0 heterocycles. The van der Waals surface area contributed by atoms with Crippen molar-refractivity contribution in [3.8, 4) is 0 Å². The molecule has 0 saturated carbocycles. The van der Waals surface area contributed by atoms with Gasteiger partial charge in [0.1, 0.15) is 6.29 Å². The average molecular weight is 162 g/mol. The van der Waals surface area contributed by atoms with E-state index in [0.29, 0.717) is 6.29 Å². The topological polar surface area (TPSA) is 77.8 Å². The molecule has 4 heteroatoms. The summed E-state index contributed by atoms with van der Waals surface area (Å²) in [6, 6.07) is 0. The Balaban J connectivity index is 3.45. The summed E-state index contributed by atoms with van der Waals surface area (Å²) in [5, 5.41) is 26.4. The van der Waals surface area contributed by atoms with Gasteiger partial charge in [0.25, 0.3) is 0 Å². The van der Waals surface area contributed by atoms with Crippen LogP contribution in [0.25, 0.3) is 0 Å². The summed E-state index contributed by atoms with van der Waals surface area (Å²) in [7, 11) is 0. The molecule has 0 amide bonds. The van der Waals surface area contributed by atoms with E-state index in [4.69, 9.17) is 15.3 Å². The molecule has 0 aliphatic rings. The minimum Gasteiger partial charge on any atom is -0.396 e. The Morgan fingerprint density at radius 3 is 2.18 bits per heavy atom. The number of aldehydes is 1. The van der Waals surface area contributed by atoms with Crippen LogP contribution in [0.2, 0.25) is 0 Å². The van der Waals surface area contributed by atoms with Crippen LogP contribution < -0.4 is 0 Å². The largest absolute Gasteiger partial charge is 0.396 e. The Hall–Kier alpha value is -0.450. The maximum atomic E-state index is 9.85. The number of aliphatic hydroxyl groups excluding tert-OH is 3. The Morgan fingerprint density at radius 1 is 1.18 bits per heavy atom. The van der Waals surface area contributed by atoms with E-state index in [9.17, 15) is 4.79 Å². The van der Waals surface area contributed by atoms with Crippen molar-refractivity contribution in [1.29, 1.82) is 0 Å². The van der Waals surface area contributed by atoms with Crippen molar-refractivity contribution in [3.05, 3.63) is 0 Å². The Kier molecular flexibility index (Phi) is 6.02. The number of aliphatic hydroxyl groups is 3. The van der Waals surface area contributed by atoms with Gasteiger partial charge in [0.15, 0.2) is 0 Å². The lowest BCUT2D eigenvalue weighted by atomic mass is 10.1. The van der Waals surface area contributed by atoms with Crippen LogP contribution in [0.3, 0.4) is 0 Å². The molecule has 0 bridgehead atoms. The Labute approximate surface area is 65.5 Å². The van der Waals surface area contributed by atoms with E-state index in [1.165, 1.54) is 0 Å². The second-order valence-corrected chi connectivity index (χ2v) is 2.39. The first-order chi connectivity index (χ1) is 5.22. The third kappa shape index (κ3) is 4.89. The smallest absolute Gasteiger partial charge is 0.120 e. The second-order valence-electron chi connectivity index (χ2n) is 2.39. The summed E-state index contributed by atoms with van der Waals surface area (Å²) in [4.78, 5) is 9.85. The lowest BCUT2D eigenvalue weighted by molar-refractivity contribution is -0.108. The molecular formula is C7H14O4. The van der Waals surface area contributed by atoms with Crippen molar-refractivity contribution in [3.63, 3.8) is 0 Å². The Morgan fingerprint density at radius 2 is 1.73 bits per heavy atom. The standard InChI is InChI=1S/C7H14O4/c8-4-1-2-6(10)7(11)3-5-9/h4,6-7,9-11H,1-3,5H2. The number of hydrogen-bond acceptors (Lipinski definition) is 4. The SMILES string of the molecule is O=CCCC(O)C(O)CCO. The van der Waals surface area contributed by atoms with Crippen molar-refractivity contribution in [2.45, 2.75) is 31.5 Å². The molecule has 0 rings (SSSR count). The van der Waals surface area contributed by atoms with E-state index in [1.807, 2.05) is 0 Å². The minimum absolute atomic E-state index is 0.153. The van der Waals surface area contributed by atoms with Gasteiger partial charge in [0, 0.05) is 13.0 Å². The fraction of sp³-hybridized carbons (Fsp3) is 0.857. The van der Waals surface area contributed by atoms with Gasteiger partial charge in [0.2, 0.25) is 0 Å². The van der Waals surface area contributed by atoms with Crippen LogP contribution in [-0.4, -0.2) is 40.4 Å². The zero-order valence-electron chi connectivity index (χ0n) is 6.31. The molecule has 2 unspecified atom stereocenters. The Bertz CT molecular complexity index is 105. The number of rotatable bonds is 6. The van der Waals surface area contributed by atoms with Crippen LogP contribution in [0.5, 0.6) is 0 Å². The molecule has 0 fully saturated rings. The van der Waals surface area contributed by atoms with Crippen molar-refractivity contribution in [1.82, 2.24) is 0 Å². The normalized spacial score (nSPS) is 15.9. The fourth-order valence-corrected chi connectivity index (χ4v) is 0.756. The summed E-state index contributed by atoms with van der Waals surface area (Å²) in [6.45, 7) is -0.153. The van der Waals surface area contributed by atoms with Crippen LogP contribution in [0.1, 0.15) is 19.3 Å². The quantitative estimate of drug-likeness (QED) is 0.441. The maximum absolute atomic E-state index is 9.85. The van der Waals surface area contributed by atoms with Gasteiger partial charge in [-0.2, -0.15) is 0 Å². The third-order valence-electron chi connectivity index (χ3n) is 1.45. The molecule has 3 N–H and O–H groups in total. The van der Waals surface area contributed by atoms with Crippen LogP contribution in [0, 0.1) is 0 Å².